The Bertz CT molecular complexity index is 914. The number of hydrogen-bond donors (Lipinski definition) is 2. The quantitative estimate of drug-likeness (QED) is 0.839. The van der Waals surface area contributed by atoms with Crippen LogP contribution < -0.4 is 10.9 Å². The van der Waals surface area contributed by atoms with Crippen LogP contribution in [0.1, 0.15) is 48.2 Å². The SMILES string of the molecule is CCCc1nc2c(c(=O)n1S)C(c1cccc(C#N)c1)CC(=O)N2. The van der Waals surface area contributed by atoms with Crippen molar-refractivity contribution < 1.29 is 4.79 Å². The summed E-state index contributed by atoms with van der Waals surface area (Å²) in [6.45, 7) is 1.98. The van der Waals surface area contributed by atoms with E-state index in [1.807, 2.05) is 13.0 Å². The molecule has 1 N–H and O–H groups in total. The van der Waals surface area contributed by atoms with Gasteiger partial charge >= 0.3 is 0 Å². The first-order valence-corrected chi connectivity index (χ1v) is 8.10. The van der Waals surface area contributed by atoms with Crippen molar-refractivity contribution in [3.05, 3.63) is 57.1 Å². The molecular weight excluding hydrogens is 324 g/mol. The molecule has 0 bridgehead atoms. The summed E-state index contributed by atoms with van der Waals surface area (Å²) in [6, 6.07) is 9.03. The molecule has 0 fully saturated rings. The fourth-order valence-electron chi connectivity index (χ4n) is 2.94. The zero-order valence-electron chi connectivity index (χ0n) is 13.1. The van der Waals surface area contributed by atoms with Crippen LogP contribution in [0.25, 0.3) is 0 Å². The summed E-state index contributed by atoms with van der Waals surface area (Å²) in [7, 11) is 0. The average molecular weight is 340 g/mol. The molecule has 7 heteroatoms. The standard InChI is InChI=1S/C17H16N4O2S/c1-2-4-13-19-16-15(17(23)21(13)24)12(8-14(22)20-16)11-6-3-5-10(7-11)9-18/h3,5-7,12,24H,2,4,8H2,1H3,(H,20,22). The molecule has 0 radical (unpaired) electrons. The Morgan fingerprint density at radius 2 is 2.25 bits per heavy atom. The fourth-order valence-corrected chi connectivity index (χ4v) is 3.20. The molecule has 1 atom stereocenters. The van der Waals surface area contributed by atoms with Gasteiger partial charge in [-0.3, -0.25) is 9.59 Å². The highest BCUT2D eigenvalue weighted by Crippen LogP contribution is 2.34. The molecule has 2 aromatic rings. The highest BCUT2D eigenvalue weighted by atomic mass is 32.1. The van der Waals surface area contributed by atoms with E-state index in [0.717, 1.165) is 12.0 Å². The minimum absolute atomic E-state index is 0.139. The number of fused-ring (bicyclic) bond motifs is 1. The Morgan fingerprint density at radius 1 is 1.46 bits per heavy atom. The molecule has 2 heterocycles. The normalized spacial score (nSPS) is 16.2. The molecule has 1 aliphatic rings. The predicted molar refractivity (Wildman–Crippen MR) is 93.1 cm³/mol. The number of rotatable bonds is 3. The zero-order chi connectivity index (χ0) is 17.3. The van der Waals surface area contributed by atoms with Crippen LogP contribution >= 0.6 is 12.8 Å². The lowest BCUT2D eigenvalue weighted by atomic mass is 9.86. The van der Waals surface area contributed by atoms with Gasteiger partial charge in [-0.05, 0) is 24.1 Å². The van der Waals surface area contributed by atoms with Gasteiger partial charge in [-0.1, -0.05) is 31.9 Å². The molecule has 0 spiro atoms. The number of amides is 1. The molecule has 1 unspecified atom stereocenters. The van der Waals surface area contributed by atoms with Gasteiger partial charge in [0.15, 0.2) is 0 Å². The molecule has 24 heavy (non-hydrogen) atoms. The van der Waals surface area contributed by atoms with Crippen LogP contribution in [-0.2, 0) is 11.2 Å². The number of nitrogens with zero attached hydrogens (tertiary/aromatic N) is 3. The van der Waals surface area contributed by atoms with Crippen LogP contribution in [0.15, 0.2) is 29.1 Å². The summed E-state index contributed by atoms with van der Waals surface area (Å²) < 4.78 is 1.25. The van der Waals surface area contributed by atoms with Crippen molar-refractivity contribution in [1.29, 1.82) is 5.26 Å². The average Bonchev–Trinajstić information content (AvgIpc) is 2.58. The Kier molecular flexibility index (Phi) is 4.40. The maximum absolute atomic E-state index is 12.8. The van der Waals surface area contributed by atoms with Gasteiger partial charge in [0.05, 0.1) is 17.2 Å². The van der Waals surface area contributed by atoms with E-state index in [2.05, 4.69) is 29.2 Å². The van der Waals surface area contributed by atoms with Crippen LogP contribution in [0.3, 0.4) is 0 Å². The summed E-state index contributed by atoms with van der Waals surface area (Å²) in [5.41, 5.74) is 1.38. The van der Waals surface area contributed by atoms with Crippen molar-refractivity contribution >= 4 is 24.5 Å². The lowest BCUT2D eigenvalue weighted by molar-refractivity contribution is -0.116. The number of nitrogens with one attached hydrogen (secondary N) is 1. The lowest BCUT2D eigenvalue weighted by Crippen LogP contribution is -2.34. The molecule has 1 aromatic carbocycles. The van der Waals surface area contributed by atoms with Crippen molar-refractivity contribution in [2.45, 2.75) is 32.1 Å². The fraction of sp³-hybridized carbons (Fsp3) is 0.294. The van der Waals surface area contributed by atoms with Crippen LogP contribution in [0.2, 0.25) is 0 Å². The highest BCUT2D eigenvalue weighted by molar-refractivity contribution is 7.78. The van der Waals surface area contributed by atoms with Gasteiger partial charge in [-0.25, -0.2) is 8.96 Å². The zero-order valence-corrected chi connectivity index (χ0v) is 14.0. The van der Waals surface area contributed by atoms with E-state index in [-0.39, 0.29) is 17.9 Å². The highest BCUT2D eigenvalue weighted by Gasteiger charge is 2.32. The van der Waals surface area contributed by atoms with E-state index >= 15 is 0 Å². The lowest BCUT2D eigenvalue weighted by Gasteiger charge is -2.25. The van der Waals surface area contributed by atoms with Gasteiger partial charge in [-0.2, -0.15) is 5.26 Å². The molecule has 3 rings (SSSR count). The second kappa shape index (κ2) is 6.49. The van der Waals surface area contributed by atoms with Crippen molar-refractivity contribution in [2.75, 3.05) is 5.32 Å². The van der Waals surface area contributed by atoms with E-state index in [1.54, 1.807) is 18.2 Å². The Morgan fingerprint density at radius 3 is 2.96 bits per heavy atom. The number of aromatic nitrogens is 2. The molecule has 1 amide bonds. The molecule has 1 aliphatic heterocycles. The maximum atomic E-state index is 12.8. The molecule has 1 aromatic heterocycles. The minimum Gasteiger partial charge on any atom is -0.310 e. The first-order valence-electron chi connectivity index (χ1n) is 7.70. The molecule has 6 nitrogen and oxygen atoms in total. The summed E-state index contributed by atoms with van der Waals surface area (Å²) >= 11 is 4.27. The Labute approximate surface area is 144 Å². The summed E-state index contributed by atoms with van der Waals surface area (Å²) in [5, 5.41) is 11.8. The van der Waals surface area contributed by atoms with Crippen LogP contribution in [-0.4, -0.2) is 14.9 Å². The third-order valence-electron chi connectivity index (χ3n) is 4.05. The molecule has 0 aliphatic carbocycles. The van der Waals surface area contributed by atoms with Gasteiger partial charge in [-0.15, -0.1) is 0 Å². The summed E-state index contributed by atoms with van der Waals surface area (Å²) in [5.74, 6) is 0.200. The third kappa shape index (κ3) is 2.81. The summed E-state index contributed by atoms with van der Waals surface area (Å²) in [6.07, 6.45) is 1.55. The Balaban J connectivity index is 2.19. The van der Waals surface area contributed by atoms with E-state index < -0.39 is 5.92 Å². The number of benzene rings is 1. The van der Waals surface area contributed by atoms with Gasteiger partial charge in [0.25, 0.3) is 5.56 Å². The van der Waals surface area contributed by atoms with E-state index in [0.29, 0.717) is 29.2 Å². The number of aryl methyl sites for hydroxylation is 1. The predicted octanol–water partition coefficient (Wildman–Crippen LogP) is 2.23. The first-order chi connectivity index (χ1) is 11.5. The third-order valence-corrected chi connectivity index (χ3v) is 4.46. The van der Waals surface area contributed by atoms with E-state index in [9.17, 15) is 9.59 Å². The monoisotopic (exact) mass is 340 g/mol. The smallest absolute Gasteiger partial charge is 0.269 e. The number of carbonyl (C=O) groups excluding carboxylic acids is 1. The number of nitriles is 1. The van der Waals surface area contributed by atoms with Crippen LogP contribution in [0.5, 0.6) is 0 Å². The molecule has 0 saturated heterocycles. The number of anilines is 1. The van der Waals surface area contributed by atoms with E-state index in [1.165, 1.54) is 3.97 Å². The minimum atomic E-state index is -0.434. The molecule has 122 valence electrons. The topological polar surface area (TPSA) is 87.8 Å². The van der Waals surface area contributed by atoms with Gasteiger partial charge in [0.2, 0.25) is 5.91 Å². The van der Waals surface area contributed by atoms with Crippen LogP contribution in [0.4, 0.5) is 5.82 Å². The van der Waals surface area contributed by atoms with Crippen molar-refractivity contribution in [1.82, 2.24) is 8.96 Å². The van der Waals surface area contributed by atoms with Gasteiger partial charge in [0.1, 0.15) is 11.6 Å². The summed E-state index contributed by atoms with van der Waals surface area (Å²) in [4.78, 5) is 29.3. The van der Waals surface area contributed by atoms with Gasteiger partial charge in [0, 0.05) is 18.8 Å². The van der Waals surface area contributed by atoms with Gasteiger partial charge < -0.3 is 5.32 Å². The largest absolute Gasteiger partial charge is 0.310 e. The first kappa shape index (κ1) is 16.3. The second-order valence-electron chi connectivity index (χ2n) is 5.70. The van der Waals surface area contributed by atoms with Crippen LogP contribution in [0, 0.1) is 11.3 Å². The molecule has 0 saturated carbocycles. The number of carbonyl (C=O) groups is 1. The Hall–Kier alpha value is -2.59. The van der Waals surface area contributed by atoms with Crippen molar-refractivity contribution in [3.63, 3.8) is 0 Å². The maximum Gasteiger partial charge on any atom is 0.269 e. The number of hydrogen-bond acceptors (Lipinski definition) is 5. The van der Waals surface area contributed by atoms with E-state index in [4.69, 9.17) is 5.26 Å². The number of thiol groups is 1. The van der Waals surface area contributed by atoms with Crippen molar-refractivity contribution in [3.8, 4) is 6.07 Å². The molecular formula is C17H16N4O2S. The second-order valence-corrected chi connectivity index (χ2v) is 6.10. The van der Waals surface area contributed by atoms with Crippen molar-refractivity contribution in [2.24, 2.45) is 0 Å².